The van der Waals surface area contributed by atoms with Crippen LogP contribution < -0.4 is 0 Å². The number of alkyl halides is 5. The van der Waals surface area contributed by atoms with E-state index in [-0.39, 0.29) is 23.0 Å². The number of aliphatic hydroxyl groups is 1. The molecule has 0 saturated heterocycles. The third kappa shape index (κ3) is 12.3. The average molecular weight is 674 g/mol. The molecule has 3 N–H and O–H groups in total. The van der Waals surface area contributed by atoms with Gasteiger partial charge >= 0.3 is 12.1 Å². The summed E-state index contributed by atoms with van der Waals surface area (Å²) in [4.78, 5) is 2.09. The van der Waals surface area contributed by atoms with Crippen LogP contribution in [0.2, 0.25) is 0 Å². The third-order valence-electron chi connectivity index (χ3n) is 8.23. The van der Waals surface area contributed by atoms with Crippen molar-refractivity contribution >= 4 is 21.9 Å². The van der Waals surface area contributed by atoms with Crippen molar-refractivity contribution < 1.29 is 41.5 Å². The van der Waals surface area contributed by atoms with Crippen LogP contribution in [0.1, 0.15) is 94.7 Å². The Morgan fingerprint density at radius 3 is 2.20 bits per heavy atom. The minimum Gasteiger partial charge on any atom is -0.508 e. The number of nitrogens with zero attached hydrogens (tertiary/aromatic N) is 1. The highest BCUT2D eigenvalue weighted by Gasteiger charge is 2.56. The minimum absolute atomic E-state index is 0.202. The fourth-order valence-corrected chi connectivity index (χ4v) is 7.23. The molecule has 0 amide bonds. The number of fused-ring (bicyclic) bond motifs is 1. The summed E-state index contributed by atoms with van der Waals surface area (Å²) in [7, 11) is -1.49. The van der Waals surface area contributed by atoms with Crippen LogP contribution in [0.15, 0.2) is 42.5 Å². The molecule has 2 aromatic carbocycles. The summed E-state index contributed by atoms with van der Waals surface area (Å²) in [6.45, 7) is 5.08. The van der Waals surface area contributed by atoms with Gasteiger partial charge in [0.05, 0.1) is 5.60 Å². The van der Waals surface area contributed by atoms with Crippen molar-refractivity contribution in [1.29, 1.82) is 0 Å². The van der Waals surface area contributed by atoms with Gasteiger partial charge < -0.3 is 20.2 Å². The maximum Gasteiger partial charge on any atom is 0.453 e. The first kappa shape index (κ1) is 38.0. The number of phenolic OH excluding ortho intramolecular Hbond substituents is 2. The van der Waals surface area contributed by atoms with Gasteiger partial charge in [0.2, 0.25) is 0 Å². The van der Waals surface area contributed by atoms with E-state index >= 15 is 0 Å². The highest BCUT2D eigenvalue weighted by molar-refractivity contribution is 7.84. The van der Waals surface area contributed by atoms with E-state index < -0.39 is 41.3 Å². The van der Waals surface area contributed by atoms with Crippen LogP contribution in [0.25, 0.3) is 11.1 Å². The van der Waals surface area contributed by atoms with Crippen molar-refractivity contribution in [3.63, 3.8) is 0 Å². The second kappa shape index (κ2) is 17.1. The molecule has 1 aliphatic carbocycles. The fraction of sp³-hybridized carbons (Fsp3) is 0.600. The monoisotopic (exact) mass is 673 g/mol. The topological polar surface area (TPSA) is 81.0 Å². The molecule has 0 aliphatic heterocycles. The van der Waals surface area contributed by atoms with Gasteiger partial charge in [-0.1, -0.05) is 31.0 Å². The van der Waals surface area contributed by atoms with Crippen LogP contribution in [-0.2, 0) is 17.2 Å². The lowest BCUT2D eigenvalue weighted by atomic mass is 9.89. The predicted octanol–water partition coefficient (Wildman–Crippen LogP) is 8.48. The Bertz CT molecular complexity index is 1320. The number of benzene rings is 2. The van der Waals surface area contributed by atoms with Crippen LogP contribution in [0.5, 0.6) is 11.5 Å². The Labute approximate surface area is 272 Å². The third-order valence-corrected chi connectivity index (χ3v) is 9.72. The van der Waals surface area contributed by atoms with E-state index in [1.165, 1.54) is 11.1 Å². The highest BCUT2D eigenvalue weighted by Crippen LogP contribution is 2.41. The van der Waals surface area contributed by atoms with Gasteiger partial charge in [-0.25, -0.2) is 0 Å². The van der Waals surface area contributed by atoms with E-state index in [0.29, 0.717) is 26.1 Å². The summed E-state index contributed by atoms with van der Waals surface area (Å²) in [6.07, 6.45) is 0.393. The van der Waals surface area contributed by atoms with E-state index in [4.69, 9.17) is 0 Å². The second-order valence-corrected chi connectivity index (χ2v) is 14.7. The molecular weight excluding hydrogens is 625 g/mol. The largest absolute Gasteiger partial charge is 0.508 e. The maximum atomic E-state index is 13.1. The molecule has 0 heterocycles. The fourth-order valence-electron chi connectivity index (χ4n) is 6.10. The molecule has 0 saturated carbocycles. The molecule has 46 heavy (non-hydrogen) atoms. The summed E-state index contributed by atoms with van der Waals surface area (Å²) in [6, 6.07) is 12.9. The zero-order valence-electron chi connectivity index (χ0n) is 26.9. The molecule has 0 fully saturated rings. The lowest BCUT2D eigenvalue weighted by Crippen LogP contribution is -2.40. The molecule has 5 nitrogen and oxygen atoms in total. The second-order valence-electron chi connectivity index (χ2n) is 13.0. The van der Waals surface area contributed by atoms with Gasteiger partial charge in [0, 0.05) is 35.3 Å². The summed E-state index contributed by atoms with van der Waals surface area (Å²) >= 11 is 0. The van der Waals surface area contributed by atoms with Crippen LogP contribution >= 0.6 is 0 Å². The quantitative estimate of drug-likeness (QED) is 0.109. The summed E-state index contributed by atoms with van der Waals surface area (Å²) in [5.41, 5.74) is 4.82. The molecule has 3 rings (SSSR count). The number of aryl methyl sites for hydroxylation is 1. The van der Waals surface area contributed by atoms with Crippen molar-refractivity contribution in [3.8, 4) is 11.5 Å². The number of unbranched alkanes of at least 4 members (excludes halogenated alkanes) is 3. The molecular formula is C35H48F5NO4S. The first-order chi connectivity index (χ1) is 21.6. The van der Waals surface area contributed by atoms with Crippen LogP contribution in [0.3, 0.4) is 0 Å². The van der Waals surface area contributed by atoms with E-state index in [2.05, 4.69) is 4.90 Å². The van der Waals surface area contributed by atoms with Crippen molar-refractivity contribution in [1.82, 2.24) is 4.90 Å². The standard InChI is InChI=1S/C35H48F5NO4S/c1-33(2,44)25-41(20-10-22-46(45)21-9-18-34(36,37)35(38,39)40)19-6-4-3-5-14-32-30(26-11-7-13-28(42)23-26)15-8-12-27-24-29(43)16-17-31(27)32/h7,11,13,16-17,23-24,42-44H,3-6,8-10,12,14-15,18-22,25H2,1-2H3. The summed E-state index contributed by atoms with van der Waals surface area (Å²) in [5.74, 6) is -4.28. The molecule has 0 radical (unpaired) electrons. The Balaban J connectivity index is 1.51. The Morgan fingerprint density at radius 1 is 0.826 bits per heavy atom. The first-order valence-electron chi connectivity index (χ1n) is 16.1. The average Bonchev–Trinajstić information content (AvgIpc) is 3.12. The van der Waals surface area contributed by atoms with Gasteiger partial charge in [-0.15, -0.1) is 0 Å². The van der Waals surface area contributed by atoms with Gasteiger partial charge in [-0.05, 0) is 130 Å². The zero-order chi connectivity index (χ0) is 34.0. The predicted molar refractivity (Wildman–Crippen MR) is 175 cm³/mol. The van der Waals surface area contributed by atoms with Crippen molar-refractivity contribution in [2.75, 3.05) is 31.1 Å². The molecule has 11 heteroatoms. The SMILES string of the molecule is CC(C)(O)CN(CCCCCCC1=C(c2cccc(O)c2)CCCc2cc(O)ccc21)CCCS(=O)CCCC(F)(F)C(F)(F)F. The highest BCUT2D eigenvalue weighted by atomic mass is 32.2. The van der Waals surface area contributed by atoms with Crippen molar-refractivity contribution in [3.05, 3.63) is 59.2 Å². The zero-order valence-corrected chi connectivity index (χ0v) is 27.7. The number of allylic oxidation sites excluding steroid dienone is 2. The van der Waals surface area contributed by atoms with Crippen LogP contribution in [-0.4, -0.2) is 73.3 Å². The molecule has 1 unspecified atom stereocenters. The number of phenols is 2. The van der Waals surface area contributed by atoms with Gasteiger partial charge in [-0.2, -0.15) is 22.0 Å². The molecule has 0 spiro atoms. The summed E-state index contributed by atoms with van der Waals surface area (Å²) in [5, 5.41) is 30.6. The van der Waals surface area contributed by atoms with Crippen molar-refractivity contribution in [2.45, 2.75) is 102 Å². The Hall–Kier alpha value is -2.50. The van der Waals surface area contributed by atoms with E-state index in [1.807, 2.05) is 24.3 Å². The first-order valence-corrected chi connectivity index (χ1v) is 17.6. The maximum absolute atomic E-state index is 13.1. The lowest BCUT2D eigenvalue weighted by Gasteiger charge is -2.29. The van der Waals surface area contributed by atoms with E-state index in [9.17, 15) is 41.5 Å². The van der Waals surface area contributed by atoms with Gasteiger partial charge in [-0.3, -0.25) is 4.21 Å². The molecule has 1 atom stereocenters. The Morgan fingerprint density at radius 2 is 1.50 bits per heavy atom. The van der Waals surface area contributed by atoms with Gasteiger partial charge in [0.25, 0.3) is 0 Å². The summed E-state index contributed by atoms with van der Waals surface area (Å²) < 4.78 is 75.5. The minimum atomic E-state index is -5.59. The lowest BCUT2D eigenvalue weighted by molar-refractivity contribution is -0.284. The molecule has 1 aliphatic rings. The smallest absolute Gasteiger partial charge is 0.453 e. The number of aromatic hydroxyl groups is 2. The Kier molecular flexibility index (Phi) is 14.1. The van der Waals surface area contributed by atoms with Gasteiger partial charge in [0.1, 0.15) is 11.5 Å². The molecule has 0 bridgehead atoms. The number of hydrogen-bond acceptors (Lipinski definition) is 5. The van der Waals surface area contributed by atoms with Gasteiger partial charge in [0.15, 0.2) is 0 Å². The normalized spacial score (nSPS) is 15.2. The van der Waals surface area contributed by atoms with Crippen LogP contribution in [0.4, 0.5) is 22.0 Å². The number of halogens is 5. The van der Waals surface area contributed by atoms with E-state index in [1.54, 1.807) is 32.0 Å². The number of rotatable bonds is 18. The molecule has 0 aromatic heterocycles. The number of hydrogen-bond donors (Lipinski definition) is 3. The van der Waals surface area contributed by atoms with Crippen molar-refractivity contribution in [2.24, 2.45) is 0 Å². The molecule has 258 valence electrons. The molecule has 2 aromatic rings. The van der Waals surface area contributed by atoms with E-state index in [0.717, 1.165) is 68.1 Å². The van der Waals surface area contributed by atoms with Crippen LogP contribution in [0, 0.1) is 0 Å².